The van der Waals surface area contributed by atoms with Gasteiger partial charge in [0, 0.05) is 24.0 Å². The number of nitrogens with zero attached hydrogens (tertiary/aromatic N) is 5. The van der Waals surface area contributed by atoms with Gasteiger partial charge in [-0.15, -0.1) is 5.10 Å². The van der Waals surface area contributed by atoms with Crippen molar-refractivity contribution < 1.29 is 4.42 Å². The van der Waals surface area contributed by atoms with Crippen molar-refractivity contribution in [3.8, 4) is 22.8 Å². The van der Waals surface area contributed by atoms with Crippen molar-refractivity contribution >= 4 is 11.6 Å². The third kappa shape index (κ3) is 2.18. The SMILES string of the molecule is C.Nc1nc(-c2ccncc2)cc2nc(-c3ccco3)nn12. The van der Waals surface area contributed by atoms with E-state index in [1.165, 1.54) is 4.52 Å². The van der Waals surface area contributed by atoms with Crippen LogP contribution in [-0.4, -0.2) is 24.6 Å². The first kappa shape index (κ1) is 13.7. The Balaban J connectivity index is 0.00000144. The van der Waals surface area contributed by atoms with Crippen LogP contribution in [0.25, 0.3) is 28.5 Å². The Morgan fingerprint density at radius 1 is 1.09 bits per heavy atom. The quantitative estimate of drug-likeness (QED) is 0.610. The fourth-order valence-electron chi connectivity index (χ4n) is 2.09. The summed E-state index contributed by atoms with van der Waals surface area (Å²) in [5, 5.41) is 4.30. The molecule has 0 aliphatic carbocycles. The van der Waals surface area contributed by atoms with E-state index in [0.717, 1.165) is 11.3 Å². The molecule has 0 aliphatic rings. The van der Waals surface area contributed by atoms with Gasteiger partial charge in [0.05, 0.1) is 12.0 Å². The number of rotatable bonds is 2. The second-order valence-corrected chi connectivity index (χ2v) is 4.42. The predicted molar refractivity (Wildman–Crippen MR) is 82.9 cm³/mol. The topological polar surface area (TPSA) is 95.1 Å². The van der Waals surface area contributed by atoms with Gasteiger partial charge in [0.1, 0.15) is 0 Å². The third-order valence-corrected chi connectivity index (χ3v) is 3.07. The van der Waals surface area contributed by atoms with Gasteiger partial charge in [0.15, 0.2) is 11.4 Å². The highest BCUT2D eigenvalue weighted by Gasteiger charge is 2.13. The van der Waals surface area contributed by atoms with Gasteiger partial charge in [-0.1, -0.05) is 7.43 Å². The van der Waals surface area contributed by atoms with Gasteiger partial charge >= 0.3 is 0 Å². The van der Waals surface area contributed by atoms with Crippen molar-refractivity contribution in [3.05, 3.63) is 49.0 Å². The normalized spacial score (nSPS) is 10.5. The summed E-state index contributed by atoms with van der Waals surface area (Å²) >= 11 is 0. The maximum atomic E-state index is 5.96. The van der Waals surface area contributed by atoms with Crippen molar-refractivity contribution in [2.24, 2.45) is 0 Å². The standard InChI is InChI=1S/C14H10N6O.CH4/c15-14-17-10(9-3-5-16-6-4-9)8-12-18-13(19-20(12)14)11-2-1-7-21-11;/h1-8H,(H2,15,17);1H4. The Hall–Kier alpha value is -3.22. The van der Waals surface area contributed by atoms with Crippen molar-refractivity contribution in [2.75, 3.05) is 5.73 Å². The van der Waals surface area contributed by atoms with Gasteiger partial charge in [-0.25, -0.2) is 9.97 Å². The first-order chi connectivity index (χ1) is 10.3. The summed E-state index contributed by atoms with van der Waals surface area (Å²) in [5.74, 6) is 1.33. The van der Waals surface area contributed by atoms with Crippen LogP contribution >= 0.6 is 0 Å². The van der Waals surface area contributed by atoms with E-state index in [4.69, 9.17) is 10.2 Å². The smallest absolute Gasteiger partial charge is 0.223 e. The molecule has 4 rings (SSSR count). The Morgan fingerprint density at radius 2 is 1.91 bits per heavy atom. The van der Waals surface area contributed by atoms with E-state index < -0.39 is 0 Å². The van der Waals surface area contributed by atoms with Crippen LogP contribution in [0.5, 0.6) is 0 Å². The summed E-state index contributed by atoms with van der Waals surface area (Å²) in [6.07, 6.45) is 4.98. The van der Waals surface area contributed by atoms with Crippen LogP contribution in [0.1, 0.15) is 7.43 Å². The average Bonchev–Trinajstić information content (AvgIpc) is 3.17. The molecule has 0 bridgehead atoms. The number of hydrogen-bond acceptors (Lipinski definition) is 6. The molecule has 7 heteroatoms. The molecule has 4 heterocycles. The summed E-state index contributed by atoms with van der Waals surface area (Å²) in [4.78, 5) is 12.8. The molecule has 0 radical (unpaired) electrons. The third-order valence-electron chi connectivity index (χ3n) is 3.07. The van der Waals surface area contributed by atoms with Crippen LogP contribution in [0.3, 0.4) is 0 Å². The number of furan rings is 1. The molecule has 0 saturated carbocycles. The number of aromatic nitrogens is 5. The van der Waals surface area contributed by atoms with E-state index >= 15 is 0 Å². The van der Waals surface area contributed by atoms with Gasteiger partial charge in [-0.05, 0) is 24.3 Å². The van der Waals surface area contributed by atoms with Crippen molar-refractivity contribution in [2.45, 2.75) is 7.43 Å². The zero-order valence-corrected chi connectivity index (χ0v) is 10.8. The zero-order valence-electron chi connectivity index (χ0n) is 10.8. The Bertz CT molecular complexity index is 899. The largest absolute Gasteiger partial charge is 0.461 e. The van der Waals surface area contributed by atoms with Gasteiger partial charge in [0.2, 0.25) is 11.8 Å². The lowest BCUT2D eigenvalue weighted by Crippen LogP contribution is -2.03. The van der Waals surface area contributed by atoms with Crippen LogP contribution in [0.15, 0.2) is 53.4 Å². The summed E-state index contributed by atoms with van der Waals surface area (Å²) in [6, 6.07) is 9.13. The Labute approximate surface area is 126 Å². The predicted octanol–water partition coefficient (Wildman–Crippen LogP) is 2.66. The van der Waals surface area contributed by atoms with Crippen LogP contribution in [0.2, 0.25) is 0 Å². The van der Waals surface area contributed by atoms with E-state index in [2.05, 4.69) is 20.1 Å². The second kappa shape index (κ2) is 5.28. The second-order valence-electron chi connectivity index (χ2n) is 4.42. The van der Waals surface area contributed by atoms with Crippen LogP contribution in [0.4, 0.5) is 5.95 Å². The minimum absolute atomic E-state index is 0. The van der Waals surface area contributed by atoms with Crippen molar-refractivity contribution in [3.63, 3.8) is 0 Å². The lowest BCUT2D eigenvalue weighted by molar-refractivity contribution is 0.577. The fraction of sp³-hybridized carbons (Fsp3) is 0.0667. The molecule has 0 saturated heterocycles. The van der Waals surface area contributed by atoms with Gasteiger partial charge in [-0.3, -0.25) is 4.98 Å². The molecule has 0 unspecified atom stereocenters. The molecule has 2 N–H and O–H groups in total. The molecule has 110 valence electrons. The summed E-state index contributed by atoms with van der Waals surface area (Å²) in [6.45, 7) is 0. The minimum Gasteiger partial charge on any atom is -0.461 e. The van der Waals surface area contributed by atoms with Gasteiger partial charge in [0.25, 0.3) is 0 Å². The molecule has 4 aromatic heterocycles. The number of nitrogens with two attached hydrogens (primary N) is 1. The Morgan fingerprint density at radius 3 is 2.64 bits per heavy atom. The summed E-state index contributed by atoms with van der Waals surface area (Å²) in [7, 11) is 0. The minimum atomic E-state index is 0. The van der Waals surface area contributed by atoms with Crippen molar-refractivity contribution in [1.82, 2.24) is 24.6 Å². The molecule has 0 aromatic carbocycles. The fourth-order valence-corrected chi connectivity index (χ4v) is 2.09. The highest BCUT2D eigenvalue weighted by molar-refractivity contribution is 5.66. The molecular formula is C15H14N6O. The monoisotopic (exact) mass is 294 g/mol. The van der Waals surface area contributed by atoms with Gasteiger partial charge < -0.3 is 10.2 Å². The molecule has 0 amide bonds. The number of nitrogen functional groups attached to an aromatic ring is 1. The summed E-state index contributed by atoms with van der Waals surface area (Å²) in [5.41, 5.74) is 8.22. The van der Waals surface area contributed by atoms with Crippen LogP contribution < -0.4 is 5.73 Å². The first-order valence-corrected chi connectivity index (χ1v) is 6.29. The summed E-state index contributed by atoms with van der Waals surface area (Å²) < 4.78 is 6.78. The molecule has 0 fully saturated rings. The molecule has 0 aliphatic heterocycles. The van der Waals surface area contributed by atoms with E-state index in [1.54, 1.807) is 30.8 Å². The lowest BCUT2D eigenvalue weighted by Gasteiger charge is -2.02. The van der Waals surface area contributed by atoms with Crippen LogP contribution in [0, 0.1) is 0 Å². The van der Waals surface area contributed by atoms with Crippen LogP contribution in [-0.2, 0) is 0 Å². The molecule has 0 atom stereocenters. The highest BCUT2D eigenvalue weighted by atomic mass is 16.3. The molecular weight excluding hydrogens is 280 g/mol. The van der Waals surface area contributed by atoms with E-state index in [9.17, 15) is 0 Å². The molecule has 0 spiro atoms. The number of pyridine rings is 1. The highest BCUT2D eigenvalue weighted by Crippen LogP contribution is 2.22. The number of anilines is 1. The lowest BCUT2D eigenvalue weighted by atomic mass is 10.2. The maximum Gasteiger partial charge on any atom is 0.223 e. The maximum absolute atomic E-state index is 5.96. The molecule has 22 heavy (non-hydrogen) atoms. The van der Waals surface area contributed by atoms with E-state index in [0.29, 0.717) is 17.2 Å². The van der Waals surface area contributed by atoms with E-state index in [-0.39, 0.29) is 13.4 Å². The first-order valence-electron chi connectivity index (χ1n) is 6.29. The van der Waals surface area contributed by atoms with Gasteiger partial charge in [-0.2, -0.15) is 4.52 Å². The van der Waals surface area contributed by atoms with E-state index in [1.807, 2.05) is 18.2 Å². The number of fused-ring (bicyclic) bond motifs is 1. The van der Waals surface area contributed by atoms with Crippen molar-refractivity contribution in [1.29, 1.82) is 0 Å². The molecule has 7 nitrogen and oxygen atoms in total. The molecule has 4 aromatic rings. The zero-order chi connectivity index (χ0) is 14.2. The Kier molecular flexibility index (Phi) is 3.30. The number of hydrogen-bond donors (Lipinski definition) is 1. The average molecular weight is 294 g/mol.